The summed E-state index contributed by atoms with van der Waals surface area (Å²) in [5, 5.41) is 12.7. The summed E-state index contributed by atoms with van der Waals surface area (Å²) in [4.78, 5) is 3.93. The van der Waals surface area contributed by atoms with E-state index in [9.17, 15) is 0 Å². The van der Waals surface area contributed by atoms with Gasteiger partial charge in [-0.25, -0.2) is 0 Å². The van der Waals surface area contributed by atoms with Crippen LogP contribution in [0.15, 0.2) is 4.52 Å². The molecule has 2 atom stereocenters. The highest BCUT2D eigenvalue weighted by molar-refractivity contribution is 4.92. The molecule has 1 rings (SSSR count). The van der Waals surface area contributed by atoms with Crippen LogP contribution in [0.2, 0.25) is 0 Å². The highest BCUT2D eigenvalue weighted by atomic mass is 16.5. The highest BCUT2D eigenvalue weighted by Gasteiger charge is 2.18. The Morgan fingerprint density at radius 1 is 1.69 bits per heavy atom. The van der Waals surface area contributed by atoms with Gasteiger partial charge in [-0.05, 0) is 6.92 Å². The first-order chi connectivity index (χ1) is 6.15. The van der Waals surface area contributed by atoms with Gasteiger partial charge in [0.1, 0.15) is 12.6 Å². The molecule has 1 aromatic rings. The average molecular weight is 187 g/mol. The molecule has 0 radical (unpaired) electrons. The molecule has 0 saturated heterocycles. The molecule has 13 heavy (non-hydrogen) atoms. The molecule has 6 heteroatoms. The maximum Gasteiger partial charge on any atom is 0.246 e. The van der Waals surface area contributed by atoms with Crippen LogP contribution in [0.1, 0.15) is 24.7 Å². The third-order valence-corrected chi connectivity index (χ3v) is 1.56. The van der Waals surface area contributed by atoms with Crippen molar-refractivity contribution in [2.75, 3.05) is 7.11 Å². The number of methoxy groups -OCH3 is 1. The van der Waals surface area contributed by atoms with Crippen molar-refractivity contribution in [2.45, 2.75) is 25.7 Å². The van der Waals surface area contributed by atoms with E-state index in [1.165, 1.54) is 7.11 Å². The number of ether oxygens (including phenoxy) is 1. The number of hydrogen-bond donors (Lipinski definition) is 2. The molecular weight excluding hydrogens is 174 g/mol. The summed E-state index contributed by atoms with van der Waals surface area (Å²) in [5.41, 5.74) is 5.56. The molecule has 0 amide bonds. The number of aliphatic hydroxyl groups excluding tert-OH is 1. The van der Waals surface area contributed by atoms with Crippen LogP contribution in [-0.2, 0) is 11.3 Å². The molecule has 0 saturated carbocycles. The van der Waals surface area contributed by atoms with Gasteiger partial charge in [0.25, 0.3) is 0 Å². The number of aromatic nitrogens is 2. The molecule has 3 N–H and O–H groups in total. The van der Waals surface area contributed by atoms with E-state index in [0.29, 0.717) is 5.82 Å². The Morgan fingerprint density at radius 2 is 2.38 bits per heavy atom. The van der Waals surface area contributed by atoms with Crippen molar-refractivity contribution in [1.29, 1.82) is 0 Å². The molecule has 6 nitrogen and oxygen atoms in total. The van der Waals surface area contributed by atoms with E-state index in [1.54, 1.807) is 6.92 Å². The van der Waals surface area contributed by atoms with E-state index in [4.69, 9.17) is 20.1 Å². The largest absolute Gasteiger partial charge is 0.391 e. The molecule has 1 heterocycles. The van der Waals surface area contributed by atoms with Gasteiger partial charge in [0, 0.05) is 7.11 Å². The molecule has 0 spiro atoms. The summed E-state index contributed by atoms with van der Waals surface area (Å²) >= 11 is 0. The molecule has 0 aliphatic carbocycles. The maximum atomic E-state index is 9.13. The van der Waals surface area contributed by atoms with Crippen molar-refractivity contribution in [1.82, 2.24) is 10.1 Å². The molecule has 0 fully saturated rings. The molecular formula is C7H13N3O3. The maximum absolute atomic E-state index is 9.13. The van der Waals surface area contributed by atoms with Crippen LogP contribution in [0.25, 0.3) is 0 Å². The van der Waals surface area contributed by atoms with E-state index in [2.05, 4.69) is 10.1 Å². The first-order valence-electron chi connectivity index (χ1n) is 3.90. The van der Waals surface area contributed by atoms with E-state index in [0.717, 1.165) is 0 Å². The smallest absolute Gasteiger partial charge is 0.246 e. The lowest BCUT2D eigenvalue weighted by molar-refractivity contribution is 0.145. The van der Waals surface area contributed by atoms with Gasteiger partial charge >= 0.3 is 0 Å². The van der Waals surface area contributed by atoms with Crippen LogP contribution in [0.4, 0.5) is 0 Å². The Kier molecular flexibility index (Phi) is 3.35. The Labute approximate surface area is 75.7 Å². The van der Waals surface area contributed by atoms with Gasteiger partial charge in [-0.15, -0.1) is 0 Å². The van der Waals surface area contributed by atoms with Crippen molar-refractivity contribution >= 4 is 0 Å². The molecule has 0 aromatic carbocycles. The molecule has 0 bridgehead atoms. The van der Waals surface area contributed by atoms with E-state index in [1.807, 2.05) is 0 Å². The number of aliphatic hydroxyl groups is 1. The Balaban J connectivity index is 2.67. The standard InChI is InChI=1S/C7H13N3O3/c1-4(11)6(8)7-9-5(3-12-2)10-13-7/h4,6,11H,3,8H2,1-2H3/t4-,6+/m1/s1. The number of rotatable bonds is 4. The van der Waals surface area contributed by atoms with Crippen LogP contribution in [0.5, 0.6) is 0 Å². The van der Waals surface area contributed by atoms with Gasteiger partial charge in [0.05, 0.1) is 6.10 Å². The van der Waals surface area contributed by atoms with Crippen molar-refractivity contribution < 1.29 is 14.4 Å². The zero-order valence-electron chi connectivity index (χ0n) is 7.60. The number of nitrogens with zero attached hydrogens (tertiary/aromatic N) is 2. The zero-order valence-corrected chi connectivity index (χ0v) is 7.60. The Morgan fingerprint density at radius 3 is 2.92 bits per heavy atom. The lowest BCUT2D eigenvalue weighted by Gasteiger charge is -2.08. The van der Waals surface area contributed by atoms with Crippen LogP contribution < -0.4 is 5.73 Å². The highest BCUT2D eigenvalue weighted by Crippen LogP contribution is 2.11. The first kappa shape index (κ1) is 10.1. The normalized spacial score (nSPS) is 15.7. The van der Waals surface area contributed by atoms with Crippen LogP contribution in [0, 0.1) is 0 Å². The minimum atomic E-state index is -0.712. The summed E-state index contributed by atoms with van der Waals surface area (Å²) in [6.07, 6.45) is -0.712. The molecule has 0 aliphatic rings. The summed E-state index contributed by atoms with van der Waals surface area (Å²) in [6.45, 7) is 1.83. The van der Waals surface area contributed by atoms with Gasteiger partial charge in [0.2, 0.25) is 5.89 Å². The number of nitrogens with two attached hydrogens (primary N) is 1. The van der Waals surface area contributed by atoms with Crippen molar-refractivity contribution in [3.05, 3.63) is 11.7 Å². The second-order valence-electron chi connectivity index (χ2n) is 2.75. The monoisotopic (exact) mass is 187 g/mol. The van der Waals surface area contributed by atoms with Crippen LogP contribution in [-0.4, -0.2) is 28.5 Å². The Hall–Kier alpha value is -0.980. The fourth-order valence-electron chi connectivity index (χ4n) is 0.797. The topological polar surface area (TPSA) is 94.4 Å². The predicted octanol–water partition coefficient (Wildman–Crippen LogP) is -0.403. The van der Waals surface area contributed by atoms with Crippen molar-refractivity contribution in [2.24, 2.45) is 5.73 Å². The van der Waals surface area contributed by atoms with Gasteiger partial charge in [-0.3, -0.25) is 0 Å². The molecule has 0 unspecified atom stereocenters. The van der Waals surface area contributed by atoms with Crippen LogP contribution in [0.3, 0.4) is 0 Å². The van der Waals surface area contributed by atoms with E-state index >= 15 is 0 Å². The lowest BCUT2D eigenvalue weighted by Crippen LogP contribution is -2.23. The quantitative estimate of drug-likeness (QED) is 0.665. The van der Waals surface area contributed by atoms with Crippen molar-refractivity contribution in [3.63, 3.8) is 0 Å². The summed E-state index contributed by atoms with van der Waals surface area (Å²) in [5.74, 6) is 0.649. The summed E-state index contributed by atoms with van der Waals surface area (Å²) in [7, 11) is 1.53. The SMILES string of the molecule is COCc1noc([C@@H](N)[C@@H](C)O)n1. The zero-order chi connectivity index (χ0) is 9.84. The summed E-state index contributed by atoms with van der Waals surface area (Å²) in [6, 6.07) is -0.641. The van der Waals surface area contributed by atoms with Gasteiger partial charge < -0.3 is 20.1 Å². The van der Waals surface area contributed by atoms with Gasteiger partial charge in [-0.2, -0.15) is 4.98 Å². The van der Waals surface area contributed by atoms with Crippen LogP contribution >= 0.6 is 0 Å². The van der Waals surface area contributed by atoms with Gasteiger partial charge in [0.15, 0.2) is 5.82 Å². The minimum absolute atomic E-state index is 0.224. The minimum Gasteiger partial charge on any atom is -0.391 e. The second-order valence-corrected chi connectivity index (χ2v) is 2.75. The summed E-state index contributed by atoms with van der Waals surface area (Å²) < 4.78 is 9.61. The molecule has 74 valence electrons. The third-order valence-electron chi connectivity index (χ3n) is 1.56. The number of hydrogen-bond acceptors (Lipinski definition) is 6. The van der Waals surface area contributed by atoms with E-state index < -0.39 is 12.1 Å². The molecule has 1 aromatic heterocycles. The van der Waals surface area contributed by atoms with Crippen molar-refractivity contribution in [3.8, 4) is 0 Å². The lowest BCUT2D eigenvalue weighted by atomic mass is 10.2. The average Bonchev–Trinajstić information content (AvgIpc) is 2.52. The Bertz CT molecular complexity index is 261. The fourth-order valence-corrected chi connectivity index (χ4v) is 0.797. The predicted molar refractivity (Wildman–Crippen MR) is 43.6 cm³/mol. The first-order valence-corrected chi connectivity index (χ1v) is 3.90. The van der Waals surface area contributed by atoms with E-state index in [-0.39, 0.29) is 12.5 Å². The third kappa shape index (κ3) is 2.48. The van der Waals surface area contributed by atoms with Gasteiger partial charge in [-0.1, -0.05) is 5.16 Å². The second kappa shape index (κ2) is 4.31. The fraction of sp³-hybridized carbons (Fsp3) is 0.714. The molecule has 0 aliphatic heterocycles.